The highest BCUT2D eigenvalue weighted by molar-refractivity contribution is 5.85. The van der Waals surface area contributed by atoms with Crippen molar-refractivity contribution >= 4 is 30.7 Å². The van der Waals surface area contributed by atoms with Gasteiger partial charge in [-0.2, -0.15) is 5.10 Å². The molecule has 0 spiro atoms. The Labute approximate surface area is 146 Å². The summed E-state index contributed by atoms with van der Waals surface area (Å²) in [5, 5.41) is 7.44. The van der Waals surface area contributed by atoms with Crippen LogP contribution in [0.15, 0.2) is 0 Å². The number of carbonyl (C=O) groups is 1. The van der Waals surface area contributed by atoms with E-state index in [-0.39, 0.29) is 36.3 Å². The number of aryl methyl sites for hydroxylation is 2. The van der Waals surface area contributed by atoms with Crippen LogP contribution in [0.2, 0.25) is 0 Å². The van der Waals surface area contributed by atoms with Crippen LogP contribution in [-0.2, 0) is 18.3 Å². The van der Waals surface area contributed by atoms with E-state index in [4.69, 9.17) is 5.73 Å². The predicted octanol–water partition coefficient (Wildman–Crippen LogP) is 2.30. The first kappa shape index (κ1) is 23.5. The lowest BCUT2D eigenvalue weighted by atomic mass is 9.88. The number of hydrogen-bond donors (Lipinski definition) is 2. The molecule has 5 nitrogen and oxygen atoms in total. The molecule has 3 N–H and O–H groups in total. The number of nitrogens with one attached hydrogen (secondary N) is 1. The van der Waals surface area contributed by atoms with E-state index in [9.17, 15) is 4.79 Å². The van der Waals surface area contributed by atoms with Gasteiger partial charge in [-0.3, -0.25) is 9.48 Å². The van der Waals surface area contributed by atoms with Crippen LogP contribution < -0.4 is 11.1 Å². The molecule has 1 rings (SSSR count). The molecule has 1 amide bonds. The van der Waals surface area contributed by atoms with Gasteiger partial charge in [-0.15, -0.1) is 24.8 Å². The second-order valence-electron chi connectivity index (χ2n) is 6.10. The molecule has 22 heavy (non-hydrogen) atoms. The molecule has 1 unspecified atom stereocenters. The van der Waals surface area contributed by atoms with Crippen molar-refractivity contribution in [1.82, 2.24) is 15.1 Å². The third-order valence-corrected chi connectivity index (χ3v) is 4.38. The third kappa shape index (κ3) is 5.45. The smallest absolute Gasteiger partial charge is 0.220 e. The molecule has 0 aliphatic rings. The Kier molecular flexibility index (Phi) is 10.0. The Balaban J connectivity index is 0. The van der Waals surface area contributed by atoms with E-state index in [1.54, 1.807) is 0 Å². The fraction of sp³-hybridized carbons (Fsp3) is 0.733. The molecule has 0 saturated heterocycles. The van der Waals surface area contributed by atoms with E-state index in [0.717, 1.165) is 17.8 Å². The van der Waals surface area contributed by atoms with Crippen LogP contribution in [0.1, 0.15) is 44.1 Å². The zero-order valence-electron chi connectivity index (χ0n) is 14.4. The number of hydrogen-bond acceptors (Lipinski definition) is 3. The Morgan fingerprint density at radius 2 is 1.91 bits per heavy atom. The minimum absolute atomic E-state index is 0. The van der Waals surface area contributed by atoms with Gasteiger partial charge in [-0.25, -0.2) is 0 Å². The monoisotopic (exact) mass is 352 g/mol. The largest absolute Gasteiger partial charge is 0.349 e. The molecule has 1 atom stereocenters. The van der Waals surface area contributed by atoms with Gasteiger partial charge in [-0.05, 0) is 38.7 Å². The fourth-order valence-corrected chi connectivity index (χ4v) is 2.23. The number of carbonyl (C=O) groups excluding carboxylic acids is 1. The van der Waals surface area contributed by atoms with Crippen molar-refractivity contribution in [2.75, 3.05) is 6.54 Å². The van der Waals surface area contributed by atoms with Crippen molar-refractivity contribution in [2.45, 2.75) is 53.0 Å². The first-order valence-electron chi connectivity index (χ1n) is 7.21. The summed E-state index contributed by atoms with van der Waals surface area (Å²) < 4.78 is 1.86. The highest BCUT2D eigenvalue weighted by Crippen LogP contribution is 2.17. The summed E-state index contributed by atoms with van der Waals surface area (Å²) in [6.07, 6.45) is 1.19. The van der Waals surface area contributed by atoms with Gasteiger partial charge >= 0.3 is 0 Å². The fourth-order valence-electron chi connectivity index (χ4n) is 2.23. The summed E-state index contributed by atoms with van der Waals surface area (Å²) in [5.41, 5.74) is 8.75. The number of halogens is 2. The Morgan fingerprint density at radius 3 is 2.27 bits per heavy atom. The molecule has 0 fully saturated rings. The molecule has 0 aromatic carbocycles. The van der Waals surface area contributed by atoms with Gasteiger partial charge in [0.1, 0.15) is 0 Å². The van der Waals surface area contributed by atoms with Gasteiger partial charge in [0, 0.05) is 25.7 Å². The molecule has 1 aromatic heterocycles. The van der Waals surface area contributed by atoms with Gasteiger partial charge in [-0.1, -0.05) is 13.8 Å². The van der Waals surface area contributed by atoms with Crippen LogP contribution in [0.3, 0.4) is 0 Å². The van der Waals surface area contributed by atoms with Gasteiger partial charge in [0.15, 0.2) is 0 Å². The summed E-state index contributed by atoms with van der Waals surface area (Å²) in [5.74, 6) is 0.354. The highest BCUT2D eigenvalue weighted by atomic mass is 35.5. The zero-order chi connectivity index (χ0) is 15.5. The Hall–Kier alpha value is -0.780. The Morgan fingerprint density at radius 1 is 1.36 bits per heavy atom. The summed E-state index contributed by atoms with van der Waals surface area (Å²) in [6, 6.07) is 0. The van der Waals surface area contributed by atoms with Crippen LogP contribution in [-0.4, -0.2) is 27.8 Å². The van der Waals surface area contributed by atoms with Gasteiger partial charge in [0.2, 0.25) is 5.91 Å². The van der Waals surface area contributed by atoms with Gasteiger partial charge in [0.05, 0.1) is 11.2 Å². The van der Waals surface area contributed by atoms with Crippen molar-refractivity contribution in [2.24, 2.45) is 18.7 Å². The molecular formula is C15H30Cl2N4O. The number of nitrogens with two attached hydrogens (primary N) is 1. The van der Waals surface area contributed by atoms with Crippen molar-refractivity contribution in [1.29, 1.82) is 0 Å². The average molecular weight is 353 g/mol. The van der Waals surface area contributed by atoms with Crippen LogP contribution in [0.25, 0.3) is 0 Å². The lowest BCUT2D eigenvalue weighted by Crippen LogP contribution is -2.55. The quantitative estimate of drug-likeness (QED) is 0.824. The van der Waals surface area contributed by atoms with Crippen molar-refractivity contribution < 1.29 is 4.79 Å². The maximum Gasteiger partial charge on any atom is 0.220 e. The van der Waals surface area contributed by atoms with E-state index in [1.807, 2.05) is 32.5 Å². The number of amides is 1. The number of nitrogens with zero attached hydrogens (tertiary/aromatic N) is 2. The first-order valence-corrected chi connectivity index (χ1v) is 7.21. The van der Waals surface area contributed by atoms with Gasteiger partial charge in [0.25, 0.3) is 0 Å². The summed E-state index contributed by atoms with van der Waals surface area (Å²) in [6.45, 7) is 10.6. The molecule has 7 heteroatoms. The lowest BCUT2D eigenvalue weighted by Gasteiger charge is -2.33. The minimum Gasteiger partial charge on any atom is -0.349 e. The molecule has 0 aliphatic carbocycles. The van der Waals surface area contributed by atoms with E-state index in [0.29, 0.717) is 18.9 Å². The normalized spacial score (nSPS) is 13.1. The second kappa shape index (κ2) is 9.38. The van der Waals surface area contributed by atoms with Gasteiger partial charge < -0.3 is 11.1 Å². The van der Waals surface area contributed by atoms with Crippen molar-refractivity contribution in [3.63, 3.8) is 0 Å². The lowest BCUT2D eigenvalue weighted by molar-refractivity contribution is -0.123. The van der Waals surface area contributed by atoms with Crippen LogP contribution in [0.4, 0.5) is 0 Å². The maximum atomic E-state index is 12.1. The summed E-state index contributed by atoms with van der Waals surface area (Å²) in [7, 11) is 1.93. The maximum absolute atomic E-state index is 12.1. The van der Waals surface area contributed by atoms with E-state index in [2.05, 4.69) is 24.3 Å². The first-order chi connectivity index (χ1) is 9.21. The summed E-state index contributed by atoms with van der Waals surface area (Å²) in [4.78, 5) is 12.1. The molecule has 1 heterocycles. The zero-order valence-corrected chi connectivity index (χ0v) is 16.0. The standard InChI is InChI=1S/C15H28N4O.2ClH/c1-10(2)15(5,9-16)17-14(20)8-7-13-11(3)18-19(6)12(13)4;;/h10H,7-9,16H2,1-6H3,(H,17,20);2*1H. The number of aromatic nitrogens is 2. The molecule has 0 saturated carbocycles. The second-order valence-corrected chi connectivity index (χ2v) is 6.10. The minimum atomic E-state index is -0.337. The van der Waals surface area contributed by atoms with Crippen molar-refractivity contribution in [3.8, 4) is 0 Å². The van der Waals surface area contributed by atoms with E-state index < -0.39 is 0 Å². The SMILES string of the molecule is Cc1nn(C)c(C)c1CCC(=O)NC(C)(CN)C(C)C.Cl.Cl. The summed E-state index contributed by atoms with van der Waals surface area (Å²) >= 11 is 0. The molecule has 0 bridgehead atoms. The van der Waals surface area contributed by atoms with Crippen LogP contribution >= 0.6 is 24.8 Å². The molecule has 1 aromatic rings. The van der Waals surface area contributed by atoms with Crippen LogP contribution in [0, 0.1) is 19.8 Å². The molecule has 130 valence electrons. The van der Waals surface area contributed by atoms with E-state index >= 15 is 0 Å². The molecule has 0 radical (unpaired) electrons. The molecule has 0 aliphatic heterocycles. The topological polar surface area (TPSA) is 72.9 Å². The van der Waals surface area contributed by atoms with Crippen molar-refractivity contribution in [3.05, 3.63) is 17.0 Å². The Bertz CT molecular complexity index is 488. The third-order valence-electron chi connectivity index (χ3n) is 4.38. The molecular weight excluding hydrogens is 323 g/mol. The highest BCUT2D eigenvalue weighted by Gasteiger charge is 2.28. The average Bonchev–Trinajstić information content (AvgIpc) is 2.61. The van der Waals surface area contributed by atoms with E-state index in [1.165, 1.54) is 5.56 Å². The predicted molar refractivity (Wildman–Crippen MR) is 95.9 cm³/mol. The van der Waals surface area contributed by atoms with Crippen LogP contribution in [0.5, 0.6) is 0 Å². The number of rotatable bonds is 6.